The van der Waals surface area contributed by atoms with Crippen molar-refractivity contribution in [2.75, 3.05) is 12.4 Å². The summed E-state index contributed by atoms with van der Waals surface area (Å²) in [7, 11) is 1.59. The van der Waals surface area contributed by atoms with E-state index in [0.29, 0.717) is 23.6 Å². The van der Waals surface area contributed by atoms with Crippen LogP contribution in [0.1, 0.15) is 18.4 Å². The number of rotatable bonds is 4. The van der Waals surface area contributed by atoms with Crippen molar-refractivity contribution >= 4 is 23.3 Å². The highest BCUT2D eigenvalue weighted by atomic mass is 35.5. The molecule has 2 rings (SSSR count). The number of halogens is 1. The molecule has 0 aliphatic heterocycles. The van der Waals surface area contributed by atoms with Gasteiger partial charge in [-0.15, -0.1) is 0 Å². The molecule has 2 N–H and O–H groups in total. The standard InChI is InChI=1S/C13H16ClNO3/c1-7-3-11(12(18-2)6-10(7)14)15-9-4-8(5-9)13(16)17/h3,6,8-9,15H,4-5H2,1-2H3,(H,16,17). The van der Waals surface area contributed by atoms with Crippen molar-refractivity contribution < 1.29 is 14.6 Å². The molecule has 1 fully saturated rings. The molecule has 0 saturated heterocycles. The Hall–Kier alpha value is -1.42. The maximum Gasteiger partial charge on any atom is 0.306 e. The Balaban J connectivity index is 2.06. The molecule has 5 heteroatoms. The first kappa shape index (κ1) is 13.0. The largest absolute Gasteiger partial charge is 0.495 e. The maximum atomic E-state index is 10.7. The van der Waals surface area contributed by atoms with E-state index >= 15 is 0 Å². The lowest BCUT2D eigenvalue weighted by Crippen LogP contribution is -2.39. The first-order valence-corrected chi connectivity index (χ1v) is 6.22. The highest BCUT2D eigenvalue weighted by Gasteiger charge is 2.34. The maximum absolute atomic E-state index is 10.7. The Morgan fingerprint density at radius 3 is 2.72 bits per heavy atom. The molecule has 0 radical (unpaired) electrons. The van der Waals surface area contributed by atoms with Crippen molar-refractivity contribution in [3.8, 4) is 5.75 Å². The highest BCUT2D eigenvalue weighted by molar-refractivity contribution is 6.31. The molecule has 1 aromatic rings. The van der Waals surface area contributed by atoms with Crippen LogP contribution in [0, 0.1) is 12.8 Å². The van der Waals surface area contributed by atoms with Gasteiger partial charge in [-0.2, -0.15) is 0 Å². The fourth-order valence-corrected chi connectivity index (χ4v) is 2.26. The minimum atomic E-state index is -0.715. The highest BCUT2D eigenvalue weighted by Crippen LogP contribution is 2.36. The summed E-state index contributed by atoms with van der Waals surface area (Å²) in [5, 5.41) is 12.8. The lowest BCUT2D eigenvalue weighted by atomic mass is 9.80. The van der Waals surface area contributed by atoms with E-state index in [9.17, 15) is 4.79 Å². The summed E-state index contributed by atoms with van der Waals surface area (Å²) < 4.78 is 5.26. The number of carboxylic acid groups (broad SMARTS) is 1. The zero-order valence-electron chi connectivity index (χ0n) is 10.4. The lowest BCUT2D eigenvalue weighted by molar-refractivity contribution is -0.144. The number of anilines is 1. The molecule has 0 heterocycles. The van der Waals surface area contributed by atoms with Crippen LogP contribution in [-0.2, 0) is 4.79 Å². The molecule has 18 heavy (non-hydrogen) atoms. The number of hydrogen-bond acceptors (Lipinski definition) is 3. The minimum Gasteiger partial charge on any atom is -0.495 e. The summed E-state index contributed by atoms with van der Waals surface area (Å²) in [4.78, 5) is 10.7. The van der Waals surface area contributed by atoms with Crippen molar-refractivity contribution in [2.45, 2.75) is 25.8 Å². The second kappa shape index (κ2) is 5.06. The Morgan fingerprint density at radius 2 is 2.17 bits per heavy atom. The topological polar surface area (TPSA) is 58.6 Å². The Morgan fingerprint density at radius 1 is 1.50 bits per heavy atom. The van der Waals surface area contributed by atoms with Gasteiger partial charge < -0.3 is 15.2 Å². The van der Waals surface area contributed by atoms with Crippen molar-refractivity contribution in [3.05, 3.63) is 22.7 Å². The van der Waals surface area contributed by atoms with E-state index in [0.717, 1.165) is 11.3 Å². The Kier molecular flexibility index (Phi) is 3.66. The average Bonchev–Trinajstić information content (AvgIpc) is 2.26. The number of hydrogen-bond donors (Lipinski definition) is 2. The summed E-state index contributed by atoms with van der Waals surface area (Å²) in [6.07, 6.45) is 1.31. The summed E-state index contributed by atoms with van der Waals surface area (Å²) in [5.41, 5.74) is 1.84. The van der Waals surface area contributed by atoms with Crippen molar-refractivity contribution in [1.29, 1.82) is 0 Å². The van der Waals surface area contributed by atoms with E-state index in [1.165, 1.54) is 0 Å². The van der Waals surface area contributed by atoms with Gasteiger partial charge in [0, 0.05) is 17.1 Å². The number of nitrogens with one attached hydrogen (secondary N) is 1. The van der Waals surface area contributed by atoms with Gasteiger partial charge in [-0.3, -0.25) is 4.79 Å². The van der Waals surface area contributed by atoms with Gasteiger partial charge in [-0.05, 0) is 31.4 Å². The molecule has 1 saturated carbocycles. The van der Waals surface area contributed by atoms with Crippen molar-refractivity contribution in [3.63, 3.8) is 0 Å². The number of methoxy groups -OCH3 is 1. The second-order valence-corrected chi connectivity index (χ2v) is 5.06. The number of aryl methyl sites for hydroxylation is 1. The van der Waals surface area contributed by atoms with E-state index in [-0.39, 0.29) is 12.0 Å². The smallest absolute Gasteiger partial charge is 0.306 e. The molecule has 0 aromatic heterocycles. The zero-order chi connectivity index (χ0) is 13.3. The van der Waals surface area contributed by atoms with Crippen LogP contribution in [0.2, 0.25) is 5.02 Å². The van der Waals surface area contributed by atoms with Gasteiger partial charge in [-0.1, -0.05) is 11.6 Å². The first-order chi connectivity index (χ1) is 8.51. The normalized spacial score (nSPS) is 22.2. The van der Waals surface area contributed by atoms with Crippen LogP contribution in [0.5, 0.6) is 5.75 Å². The van der Waals surface area contributed by atoms with Gasteiger partial charge in [0.2, 0.25) is 0 Å². The monoisotopic (exact) mass is 269 g/mol. The summed E-state index contributed by atoms with van der Waals surface area (Å²) in [6.45, 7) is 1.92. The fourth-order valence-electron chi connectivity index (χ4n) is 2.10. The second-order valence-electron chi connectivity index (χ2n) is 4.65. The number of carboxylic acids is 1. The Bertz CT molecular complexity index is 470. The summed E-state index contributed by atoms with van der Waals surface area (Å²) in [5.74, 6) is -0.251. The number of aliphatic carboxylic acids is 1. The van der Waals surface area contributed by atoms with Crippen LogP contribution >= 0.6 is 11.6 Å². The molecular formula is C13H16ClNO3. The molecule has 4 nitrogen and oxygen atoms in total. The third-order valence-electron chi connectivity index (χ3n) is 3.33. The van der Waals surface area contributed by atoms with E-state index in [4.69, 9.17) is 21.4 Å². The summed E-state index contributed by atoms with van der Waals surface area (Å²) >= 11 is 6.03. The molecule has 0 amide bonds. The third kappa shape index (κ3) is 2.53. The Labute approximate surface area is 111 Å². The van der Waals surface area contributed by atoms with Crippen LogP contribution in [0.3, 0.4) is 0 Å². The van der Waals surface area contributed by atoms with Gasteiger partial charge in [0.25, 0.3) is 0 Å². The predicted molar refractivity (Wildman–Crippen MR) is 70.5 cm³/mol. The fraction of sp³-hybridized carbons (Fsp3) is 0.462. The van der Waals surface area contributed by atoms with Crippen LogP contribution in [0.15, 0.2) is 12.1 Å². The van der Waals surface area contributed by atoms with Crippen LogP contribution in [0.4, 0.5) is 5.69 Å². The van der Waals surface area contributed by atoms with Crippen molar-refractivity contribution in [2.24, 2.45) is 5.92 Å². The molecule has 0 bridgehead atoms. The van der Waals surface area contributed by atoms with Crippen molar-refractivity contribution in [1.82, 2.24) is 0 Å². The first-order valence-electron chi connectivity index (χ1n) is 5.84. The molecule has 0 atom stereocenters. The van der Waals surface area contributed by atoms with Crippen LogP contribution in [0.25, 0.3) is 0 Å². The summed E-state index contributed by atoms with van der Waals surface area (Å²) in [6, 6.07) is 3.89. The molecule has 1 aromatic carbocycles. The van der Waals surface area contributed by atoms with E-state index in [2.05, 4.69) is 5.32 Å². The molecule has 1 aliphatic rings. The molecule has 98 valence electrons. The zero-order valence-corrected chi connectivity index (χ0v) is 11.1. The van der Waals surface area contributed by atoms with Gasteiger partial charge >= 0.3 is 5.97 Å². The quantitative estimate of drug-likeness (QED) is 0.882. The SMILES string of the molecule is COc1cc(Cl)c(C)cc1NC1CC(C(=O)O)C1. The minimum absolute atomic E-state index is 0.195. The third-order valence-corrected chi connectivity index (χ3v) is 3.73. The number of benzene rings is 1. The lowest BCUT2D eigenvalue weighted by Gasteiger charge is -2.34. The van der Waals surface area contributed by atoms with Crippen LogP contribution < -0.4 is 10.1 Å². The van der Waals surface area contributed by atoms with Gasteiger partial charge in [0.1, 0.15) is 5.75 Å². The molecule has 0 spiro atoms. The predicted octanol–water partition coefficient (Wildman–Crippen LogP) is 2.93. The van der Waals surface area contributed by atoms with Crippen LogP contribution in [-0.4, -0.2) is 24.2 Å². The average molecular weight is 270 g/mol. The van der Waals surface area contributed by atoms with E-state index in [1.54, 1.807) is 13.2 Å². The molecular weight excluding hydrogens is 254 g/mol. The number of ether oxygens (including phenoxy) is 1. The van der Waals surface area contributed by atoms with Gasteiger partial charge in [0.05, 0.1) is 18.7 Å². The van der Waals surface area contributed by atoms with Gasteiger partial charge in [0.15, 0.2) is 0 Å². The van der Waals surface area contributed by atoms with Gasteiger partial charge in [-0.25, -0.2) is 0 Å². The molecule has 0 unspecified atom stereocenters. The van der Waals surface area contributed by atoms with E-state index in [1.807, 2.05) is 13.0 Å². The van der Waals surface area contributed by atoms with E-state index < -0.39 is 5.97 Å². The number of carbonyl (C=O) groups is 1. The molecule has 1 aliphatic carbocycles.